The third kappa shape index (κ3) is 5.59. The summed E-state index contributed by atoms with van der Waals surface area (Å²) in [5.74, 6) is -2.53. The number of amides is 1. The Morgan fingerprint density at radius 2 is 2.06 bits per heavy atom. The van der Waals surface area contributed by atoms with Gasteiger partial charge in [-0.15, -0.1) is 11.3 Å². The zero-order chi connectivity index (χ0) is 22.6. The van der Waals surface area contributed by atoms with Crippen molar-refractivity contribution in [1.82, 2.24) is 5.32 Å². The van der Waals surface area contributed by atoms with Crippen molar-refractivity contribution in [1.29, 1.82) is 0 Å². The standard InChI is InChI=1S/C21H20ClF2N2O3PS/c1-30(28,29-9-7-25)20(16-12-31-19-5-3-14(22)11-15(16)19)21(27)26-8-6-13-2-4-17(23)18(24)10-13/h2-6,8,10-12,20H,7,9,25H2,1H3,(H,26,27)/b8-6+. The SMILES string of the molecule is CP(=O)(OCCN)C(C(=O)N/C=C/c1ccc(F)c(F)c1)c1csc2ccc(Cl)cc12. The Labute approximate surface area is 187 Å². The summed E-state index contributed by atoms with van der Waals surface area (Å²) >= 11 is 7.52. The maximum atomic E-state index is 13.4. The van der Waals surface area contributed by atoms with Gasteiger partial charge in [-0.3, -0.25) is 9.36 Å². The van der Waals surface area contributed by atoms with Crippen LogP contribution in [0.5, 0.6) is 0 Å². The molecule has 0 aliphatic rings. The number of rotatable bonds is 8. The van der Waals surface area contributed by atoms with E-state index in [1.807, 2.05) is 6.07 Å². The zero-order valence-corrected chi connectivity index (χ0v) is 18.9. The number of carbonyl (C=O) groups is 1. The van der Waals surface area contributed by atoms with Gasteiger partial charge in [-0.2, -0.15) is 0 Å². The largest absolute Gasteiger partial charge is 0.332 e. The molecule has 3 aromatic rings. The van der Waals surface area contributed by atoms with Crippen LogP contribution < -0.4 is 11.1 Å². The van der Waals surface area contributed by atoms with Gasteiger partial charge in [-0.05, 0) is 58.3 Å². The van der Waals surface area contributed by atoms with Gasteiger partial charge in [0.1, 0.15) is 5.66 Å². The van der Waals surface area contributed by atoms with E-state index in [0.29, 0.717) is 21.5 Å². The van der Waals surface area contributed by atoms with Crippen LogP contribution in [0, 0.1) is 11.6 Å². The Bertz CT molecular complexity index is 1180. The molecule has 2 aromatic carbocycles. The summed E-state index contributed by atoms with van der Waals surface area (Å²) in [5.41, 5.74) is 5.25. The first kappa shape index (κ1) is 23.6. The summed E-state index contributed by atoms with van der Waals surface area (Å²) in [6.45, 7) is 1.57. The van der Waals surface area contributed by atoms with E-state index in [1.165, 1.54) is 36.3 Å². The van der Waals surface area contributed by atoms with Crippen molar-refractivity contribution in [3.8, 4) is 0 Å². The Morgan fingerprint density at radius 1 is 1.29 bits per heavy atom. The molecule has 0 bridgehead atoms. The summed E-state index contributed by atoms with van der Waals surface area (Å²) in [7, 11) is -3.48. The first-order chi connectivity index (χ1) is 14.7. The summed E-state index contributed by atoms with van der Waals surface area (Å²) in [6, 6.07) is 8.62. The van der Waals surface area contributed by atoms with E-state index in [4.69, 9.17) is 21.9 Å². The molecule has 3 N–H and O–H groups in total. The lowest BCUT2D eigenvalue weighted by Gasteiger charge is -2.23. The number of fused-ring (bicyclic) bond motifs is 1. The van der Waals surface area contributed by atoms with Crippen LogP contribution in [0.2, 0.25) is 5.02 Å². The minimum Gasteiger partial charge on any atom is -0.332 e. The fraction of sp³-hybridized carbons (Fsp3) is 0.190. The van der Waals surface area contributed by atoms with Crippen molar-refractivity contribution in [3.05, 3.63) is 75.8 Å². The molecule has 2 unspecified atom stereocenters. The highest BCUT2D eigenvalue weighted by molar-refractivity contribution is 7.59. The Morgan fingerprint density at radius 3 is 2.77 bits per heavy atom. The van der Waals surface area contributed by atoms with Gasteiger partial charge in [-0.1, -0.05) is 17.7 Å². The second kappa shape index (κ2) is 10.0. The Balaban J connectivity index is 1.92. The van der Waals surface area contributed by atoms with Crippen molar-refractivity contribution in [2.75, 3.05) is 19.8 Å². The quantitative estimate of drug-likeness (QED) is 0.411. The number of hydrogen-bond donors (Lipinski definition) is 2. The van der Waals surface area contributed by atoms with Crippen LogP contribution in [0.15, 0.2) is 48.0 Å². The molecule has 164 valence electrons. The van der Waals surface area contributed by atoms with Crippen LogP contribution in [-0.4, -0.2) is 25.7 Å². The van der Waals surface area contributed by atoms with Gasteiger partial charge in [0.15, 0.2) is 11.6 Å². The summed E-state index contributed by atoms with van der Waals surface area (Å²) in [4.78, 5) is 13.1. The van der Waals surface area contributed by atoms with Crippen LogP contribution in [0.3, 0.4) is 0 Å². The molecule has 0 spiro atoms. The van der Waals surface area contributed by atoms with Crippen molar-refractivity contribution in [2.24, 2.45) is 5.73 Å². The molecule has 0 saturated carbocycles. The predicted molar refractivity (Wildman–Crippen MR) is 122 cm³/mol. The average Bonchev–Trinajstić information content (AvgIpc) is 3.11. The maximum Gasteiger partial charge on any atom is 0.241 e. The van der Waals surface area contributed by atoms with E-state index in [9.17, 15) is 18.1 Å². The highest BCUT2D eigenvalue weighted by Crippen LogP contribution is 2.58. The summed E-state index contributed by atoms with van der Waals surface area (Å²) < 4.78 is 46.2. The monoisotopic (exact) mass is 484 g/mol. The fourth-order valence-corrected chi connectivity index (χ4v) is 6.14. The second-order valence-corrected chi connectivity index (χ2v) is 10.7. The third-order valence-corrected chi connectivity index (χ3v) is 7.85. The number of benzene rings is 2. The first-order valence-corrected chi connectivity index (χ1v) is 12.6. The van der Waals surface area contributed by atoms with Gasteiger partial charge in [0.2, 0.25) is 13.3 Å². The van der Waals surface area contributed by atoms with Crippen molar-refractivity contribution < 1.29 is 22.7 Å². The lowest BCUT2D eigenvalue weighted by molar-refractivity contribution is -0.120. The van der Waals surface area contributed by atoms with E-state index in [0.717, 1.165) is 16.8 Å². The van der Waals surface area contributed by atoms with Gasteiger partial charge in [0, 0.05) is 29.1 Å². The number of carbonyl (C=O) groups excluding carboxylic acids is 1. The number of nitrogens with two attached hydrogens (primary N) is 1. The molecule has 0 saturated heterocycles. The predicted octanol–water partition coefficient (Wildman–Crippen LogP) is 5.54. The molecule has 0 aliphatic carbocycles. The van der Waals surface area contributed by atoms with Crippen LogP contribution in [0.25, 0.3) is 16.2 Å². The molecule has 0 radical (unpaired) electrons. The van der Waals surface area contributed by atoms with Crippen molar-refractivity contribution in [3.63, 3.8) is 0 Å². The molecular formula is C21H20ClF2N2O3PS. The molecule has 1 heterocycles. The number of thiophene rings is 1. The highest BCUT2D eigenvalue weighted by Gasteiger charge is 2.38. The van der Waals surface area contributed by atoms with Gasteiger partial charge >= 0.3 is 0 Å². The summed E-state index contributed by atoms with van der Waals surface area (Å²) in [6.07, 6.45) is 2.69. The van der Waals surface area contributed by atoms with Gasteiger partial charge < -0.3 is 15.6 Å². The van der Waals surface area contributed by atoms with Crippen LogP contribution in [0.4, 0.5) is 8.78 Å². The van der Waals surface area contributed by atoms with Gasteiger partial charge in [0.25, 0.3) is 0 Å². The normalized spacial score (nSPS) is 14.6. The molecule has 1 aromatic heterocycles. The molecule has 10 heteroatoms. The number of hydrogen-bond acceptors (Lipinski definition) is 5. The van der Waals surface area contributed by atoms with E-state index < -0.39 is 30.6 Å². The number of nitrogens with one attached hydrogen (secondary N) is 1. The smallest absolute Gasteiger partial charge is 0.241 e. The van der Waals surface area contributed by atoms with Crippen molar-refractivity contribution >= 4 is 52.4 Å². The molecule has 31 heavy (non-hydrogen) atoms. The van der Waals surface area contributed by atoms with E-state index in [1.54, 1.807) is 17.5 Å². The topological polar surface area (TPSA) is 81.4 Å². The highest BCUT2D eigenvalue weighted by atomic mass is 35.5. The lowest BCUT2D eigenvalue weighted by atomic mass is 10.1. The third-order valence-electron chi connectivity index (χ3n) is 4.49. The molecule has 1 amide bonds. The Kier molecular flexibility index (Phi) is 7.62. The molecule has 5 nitrogen and oxygen atoms in total. The molecule has 3 rings (SSSR count). The average molecular weight is 485 g/mol. The van der Waals surface area contributed by atoms with Gasteiger partial charge in [0.05, 0.1) is 6.61 Å². The lowest BCUT2D eigenvalue weighted by Crippen LogP contribution is -2.26. The molecular weight excluding hydrogens is 465 g/mol. The Hall–Kier alpha value is -2.09. The second-order valence-electron chi connectivity index (χ2n) is 6.78. The van der Waals surface area contributed by atoms with E-state index in [-0.39, 0.29) is 13.2 Å². The molecule has 0 aliphatic heterocycles. The minimum atomic E-state index is -3.48. The van der Waals surface area contributed by atoms with Crippen LogP contribution in [0.1, 0.15) is 16.8 Å². The van der Waals surface area contributed by atoms with E-state index >= 15 is 0 Å². The molecule has 0 fully saturated rings. The minimum absolute atomic E-state index is 0.0328. The first-order valence-electron chi connectivity index (χ1n) is 9.23. The van der Waals surface area contributed by atoms with Crippen LogP contribution >= 0.6 is 30.3 Å². The number of halogens is 3. The van der Waals surface area contributed by atoms with E-state index in [2.05, 4.69) is 5.32 Å². The maximum absolute atomic E-state index is 13.4. The fourth-order valence-electron chi connectivity index (χ4n) is 3.06. The van der Waals surface area contributed by atoms with Gasteiger partial charge in [-0.25, -0.2) is 8.78 Å². The zero-order valence-electron chi connectivity index (χ0n) is 16.5. The molecule has 2 atom stereocenters. The van der Waals surface area contributed by atoms with Crippen molar-refractivity contribution in [2.45, 2.75) is 5.66 Å². The van der Waals surface area contributed by atoms with Crippen LogP contribution in [-0.2, 0) is 13.9 Å². The summed E-state index contributed by atoms with van der Waals surface area (Å²) in [5, 5.41) is 5.52.